The van der Waals surface area contributed by atoms with Crippen LogP contribution in [-0.2, 0) is 4.79 Å². The Hall–Kier alpha value is -3.02. The summed E-state index contributed by atoms with van der Waals surface area (Å²) in [5, 5.41) is 0. The van der Waals surface area contributed by atoms with Gasteiger partial charge in [-0.25, -0.2) is 0 Å². The van der Waals surface area contributed by atoms with Gasteiger partial charge in [0.1, 0.15) is 11.5 Å². The molecule has 0 saturated heterocycles. The zero-order valence-corrected chi connectivity index (χ0v) is 12.7. The van der Waals surface area contributed by atoms with Crippen molar-refractivity contribution < 1.29 is 19.1 Å². The average Bonchev–Trinajstić information content (AvgIpc) is 2.59. The molecule has 2 rings (SSSR count). The third-order valence-electron chi connectivity index (χ3n) is 2.86. The Labute approximate surface area is 134 Å². The number of hydrogen-bond donors (Lipinski definition) is 2. The maximum Gasteiger partial charge on any atom is 0.276 e. The highest BCUT2D eigenvalue weighted by Crippen LogP contribution is 2.11. The minimum absolute atomic E-state index is 0.187. The van der Waals surface area contributed by atoms with Crippen molar-refractivity contribution >= 4 is 11.8 Å². The zero-order chi connectivity index (χ0) is 16.5. The van der Waals surface area contributed by atoms with E-state index in [2.05, 4.69) is 10.9 Å². The number of rotatable bonds is 6. The van der Waals surface area contributed by atoms with E-state index < -0.39 is 11.8 Å². The Balaban J connectivity index is 1.76. The number of nitrogens with one attached hydrogen (secondary N) is 2. The van der Waals surface area contributed by atoms with Crippen LogP contribution in [0.2, 0.25) is 0 Å². The van der Waals surface area contributed by atoms with Crippen molar-refractivity contribution in [2.75, 3.05) is 13.2 Å². The molecule has 0 fully saturated rings. The molecule has 2 N–H and O–H groups in total. The van der Waals surface area contributed by atoms with Crippen LogP contribution in [-0.4, -0.2) is 25.0 Å². The zero-order valence-electron chi connectivity index (χ0n) is 12.7. The van der Waals surface area contributed by atoms with E-state index in [9.17, 15) is 9.59 Å². The highest BCUT2D eigenvalue weighted by molar-refractivity contribution is 5.95. The summed E-state index contributed by atoms with van der Waals surface area (Å²) < 4.78 is 10.6. The van der Waals surface area contributed by atoms with Gasteiger partial charge in [-0.05, 0) is 43.3 Å². The summed E-state index contributed by atoms with van der Waals surface area (Å²) in [6.07, 6.45) is 0. The monoisotopic (exact) mass is 314 g/mol. The Morgan fingerprint density at radius 2 is 1.52 bits per heavy atom. The summed E-state index contributed by atoms with van der Waals surface area (Å²) in [5.41, 5.74) is 5.04. The van der Waals surface area contributed by atoms with Crippen LogP contribution in [0.15, 0.2) is 54.6 Å². The normalized spacial score (nSPS) is 9.78. The van der Waals surface area contributed by atoms with E-state index in [1.807, 2.05) is 13.0 Å². The van der Waals surface area contributed by atoms with E-state index in [1.165, 1.54) is 0 Å². The fourth-order valence-corrected chi connectivity index (χ4v) is 1.77. The lowest BCUT2D eigenvalue weighted by Crippen LogP contribution is -2.43. The lowest BCUT2D eigenvalue weighted by Gasteiger charge is -2.09. The Morgan fingerprint density at radius 1 is 0.870 bits per heavy atom. The molecule has 0 aliphatic carbocycles. The minimum atomic E-state index is -0.451. The van der Waals surface area contributed by atoms with Gasteiger partial charge in [0.15, 0.2) is 6.61 Å². The van der Waals surface area contributed by atoms with Gasteiger partial charge in [0.25, 0.3) is 11.8 Å². The summed E-state index contributed by atoms with van der Waals surface area (Å²) in [7, 11) is 0. The van der Waals surface area contributed by atoms with Crippen LogP contribution < -0.4 is 20.3 Å². The van der Waals surface area contributed by atoms with Crippen LogP contribution in [0.3, 0.4) is 0 Å². The van der Waals surface area contributed by atoms with Crippen LogP contribution in [0.4, 0.5) is 0 Å². The molecule has 0 aliphatic heterocycles. The second kappa shape index (κ2) is 8.43. The fraction of sp³-hybridized carbons (Fsp3) is 0.176. The lowest BCUT2D eigenvalue weighted by molar-refractivity contribution is -0.123. The summed E-state index contributed by atoms with van der Waals surface area (Å²) >= 11 is 0. The minimum Gasteiger partial charge on any atom is -0.494 e. The van der Waals surface area contributed by atoms with Crippen molar-refractivity contribution in [3.8, 4) is 11.5 Å². The second-order valence-electron chi connectivity index (χ2n) is 4.56. The molecule has 23 heavy (non-hydrogen) atoms. The van der Waals surface area contributed by atoms with Gasteiger partial charge in [-0.1, -0.05) is 18.2 Å². The quantitative estimate of drug-likeness (QED) is 0.799. The van der Waals surface area contributed by atoms with Crippen LogP contribution in [0.5, 0.6) is 11.5 Å². The molecular formula is C17H18N2O4. The first-order valence-electron chi connectivity index (χ1n) is 7.19. The van der Waals surface area contributed by atoms with Gasteiger partial charge in [0, 0.05) is 5.56 Å². The van der Waals surface area contributed by atoms with Crippen LogP contribution in [0.1, 0.15) is 17.3 Å². The van der Waals surface area contributed by atoms with E-state index in [1.54, 1.807) is 48.5 Å². The first kappa shape index (κ1) is 16.4. The van der Waals surface area contributed by atoms with E-state index in [-0.39, 0.29) is 6.61 Å². The number of benzene rings is 2. The molecule has 6 nitrogen and oxygen atoms in total. The molecule has 2 aromatic carbocycles. The van der Waals surface area contributed by atoms with Crippen molar-refractivity contribution in [3.05, 3.63) is 60.2 Å². The molecule has 0 spiro atoms. The third-order valence-corrected chi connectivity index (χ3v) is 2.86. The second-order valence-corrected chi connectivity index (χ2v) is 4.56. The average molecular weight is 314 g/mol. The molecule has 0 aromatic heterocycles. The predicted octanol–water partition coefficient (Wildman–Crippen LogP) is 1.93. The molecule has 2 amide bonds. The number of amides is 2. The van der Waals surface area contributed by atoms with Crippen molar-refractivity contribution in [3.63, 3.8) is 0 Å². The highest BCUT2D eigenvalue weighted by atomic mass is 16.5. The number of ether oxygens (including phenoxy) is 2. The largest absolute Gasteiger partial charge is 0.494 e. The lowest BCUT2D eigenvalue weighted by atomic mass is 10.2. The molecular weight excluding hydrogens is 296 g/mol. The third kappa shape index (κ3) is 5.35. The van der Waals surface area contributed by atoms with Crippen molar-refractivity contribution in [2.24, 2.45) is 0 Å². The molecule has 0 unspecified atom stereocenters. The van der Waals surface area contributed by atoms with Gasteiger partial charge >= 0.3 is 0 Å². The number of carbonyl (C=O) groups is 2. The topological polar surface area (TPSA) is 76.7 Å². The van der Waals surface area contributed by atoms with Crippen molar-refractivity contribution in [1.82, 2.24) is 10.9 Å². The first-order chi connectivity index (χ1) is 11.2. The molecule has 6 heteroatoms. The molecule has 2 aromatic rings. The predicted molar refractivity (Wildman–Crippen MR) is 85.2 cm³/mol. The van der Waals surface area contributed by atoms with Gasteiger partial charge in [-0.15, -0.1) is 0 Å². The standard InChI is InChI=1S/C17H18N2O4/c1-2-22-15-10-8-13(9-11-15)17(21)19-18-16(20)12-23-14-6-4-3-5-7-14/h3-11H,2,12H2,1H3,(H,18,20)(H,19,21). The smallest absolute Gasteiger partial charge is 0.276 e. The SMILES string of the molecule is CCOc1ccc(C(=O)NNC(=O)COc2ccccc2)cc1. The molecule has 0 aliphatic rings. The van der Waals surface area contributed by atoms with Gasteiger partial charge in [0.05, 0.1) is 6.61 Å². The fourth-order valence-electron chi connectivity index (χ4n) is 1.77. The molecule has 0 saturated carbocycles. The first-order valence-corrected chi connectivity index (χ1v) is 7.19. The number of hydrogen-bond acceptors (Lipinski definition) is 4. The Kier molecular flexibility index (Phi) is 5.99. The van der Waals surface area contributed by atoms with E-state index in [0.717, 1.165) is 0 Å². The number of carbonyl (C=O) groups excluding carboxylic acids is 2. The van der Waals surface area contributed by atoms with Gasteiger partial charge in [-0.2, -0.15) is 0 Å². The van der Waals surface area contributed by atoms with Gasteiger partial charge in [0.2, 0.25) is 0 Å². The maximum atomic E-state index is 11.9. The van der Waals surface area contributed by atoms with Crippen molar-refractivity contribution in [1.29, 1.82) is 0 Å². The molecule has 0 radical (unpaired) electrons. The molecule has 0 heterocycles. The van der Waals surface area contributed by atoms with Crippen molar-refractivity contribution in [2.45, 2.75) is 6.92 Å². The highest BCUT2D eigenvalue weighted by Gasteiger charge is 2.08. The van der Waals surface area contributed by atoms with Crippen LogP contribution in [0, 0.1) is 0 Å². The summed E-state index contributed by atoms with van der Waals surface area (Å²) in [4.78, 5) is 23.5. The van der Waals surface area contributed by atoms with Gasteiger partial charge < -0.3 is 9.47 Å². The Morgan fingerprint density at radius 3 is 2.17 bits per heavy atom. The summed E-state index contributed by atoms with van der Waals surface area (Å²) in [5.74, 6) is 0.402. The Bertz CT molecular complexity index is 641. The van der Waals surface area contributed by atoms with Crippen LogP contribution >= 0.6 is 0 Å². The number of hydrazine groups is 1. The van der Waals surface area contributed by atoms with E-state index >= 15 is 0 Å². The van der Waals surface area contributed by atoms with E-state index in [4.69, 9.17) is 9.47 Å². The molecule has 120 valence electrons. The summed E-state index contributed by atoms with van der Waals surface area (Å²) in [6, 6.07) is 15.6. The maximum absolute atomic E-state index is 11.9. The van der Waals surface area contributed by atoms with Crippen LogP contribution in [0.25, 0.3) is 0 Å². The summed E-state index contributed by atoms with van der Waals surface area (Å²) in [6.45, 7) is 2.25. The van der Waals surface area contributed by atoms with E-state index in [0.29, 0.717) is 23.7 Å². The van der Waals surface area contributed by atoms with Gasteiger partial charge in [-0.3, -0.25) is 20.4 Å². The number of para-hydroxylation sites is 1. The molecule has 0 atom stereocenters. The molecule has 0 bridgehead atoms.